The molecule has 0 spiro atoms. The summed E-state index contributed by atoms with van der Waals surface area (Å²) in [7, 11) is 0. The standard InChI is InChI=1S/C17H10FN3O/c1-19-16-9-12(7-8-13(16)18)15-10-14(20-17(22)21-15)11-5-3-2-4-6-11/h2-10H,(H,20,21,22). The second-order valence-electron chi connectivity index (χ2n) is 4.63. The van der Waals surface area contributed by atoms with Crippen LogP contribution in [0.15, 0.2) is 59.4 Å². The zero-order valence-corrected chi connectivity index (χ0v) is 11.4. The zero-order chi connectivity index (χ0) is 15.5. The maximum Gasteiger partial charge on any atom is 0.345 e. The number of H-pyrrole nitrogens is 1. The van der Waals surface area contributed by atoms with Crippen molar-refractivity contribution in [1.82, 2.24) is 9.97 Å². The number of halogens is 1. The first-order valence-corrected chi connectivity index (χ1v) is 6.51. The van der Waals surface area contributed by atoms with Gasteiger partial charge in [0.1, 0.15) is 5.82 Å². The summed E-state index contributed by atoms with van der Waals surface area (Å²) in [5.41, 5.74) is 1.79. The highest BCUT2D eigenvalue weighted by atomic mass is 19.1. The van der Waals surface area contributed by atoms with Gasteiger partial charge in [0.2, 0.25) is 5.69 Å². The van der Waals surface area contributed by atoms with E-state index in [1.807, 2.05) is 30.3 Å². The van der Waals surface area contributed by atoms with Crippen molar-refractivity contribution in [2.45, 2.75) is 0 Å². The van der Waals surface area contributed by atoms with Gasteiger partial charge in [0.05, 0.1) is 18.0 Å². The van der Waals surface area contributed by atoms with E-state index in [1.54, 1.807) is 6.07 Å². The van der Waals surface area contributed by atoms with E-state index >= 15 is 0 Å². The van der Waals surface area contributed by atoms with Crippen LogP contribution in [0.5, 0.6) is 0 Å². The van der Waals surface area contributed by atoms with E-state index in [2.05, 4.69) is 14.8 Å². The largest absolute Gasteiger partial charge is 0.345 e. The van der Waals surface area contributed by atoms with Gasteiger partial charge in [-0.25, -0.2) is 14.0 Å². The van der Waals surface area contributed by atoms with Gasteiger partial charge < -0.3 is 4.98 Å². The average Bonchev–Trinajstić information content (AvgIpc) is 2.55. The Bertz CT molecular complexity index is 927. The maximum absolute atomic E-state index is 13.4. The SMILES string of the molecule is [C-]#[N+]c1cc(-c2cc(-c3ccccc3)[nH]c(=O)n2)ccc1F. The number of benzene rings is 2. The van der Waals surface area contributed by atoms with Crippen molar-refractivity contribution in [2.24, 2.45) is 0 Å². The van der Waals surface area contributed by atoms with Gasteiger partial charge in [0, 0.05) is 0 Å². The Hall–Kier alpha value is -3.26. The Balaban J connectivity index is 2.15. The van der Waals surface area contributed by atoms with E-state index in [0.29, 0.717) is 17.0 Å². The monoisotopic (exact) mass is 291 g/mol. The molecular formula is C17H10FN3O. The van der Waals surface area contributed by atoms with Crippen molar-refractivity contribution in [3.05, 3.63) is 82.3 Å². The average molecular weight is 291 g/mol. The molecule has 0 aliphatic carbocycles. The lowest BCUT2D eigenvalue weighted by atomic mass is 10.1. The number of aromatic amines is 1. The number of rotatable bonds is 2. The molecule has 5 heteroatoms. The second-order valence-corrected chi connectivity index (χ2v) is 4.63. The molecule has 0 amide bonds. The van der Waals surface area contributed by atoms with Crippen LogP contribution in [0.3, 0.4) is 0 Å². The van der Waals surface area contributed by atoms with Gasteiger partial charge in [-0.05, 0) is 29.3 Å². The Morgan fingerprint density at radius 2 is 1.82 bits per heavy atom. The lowest BCUT2D eigenvalue weighted by molar-refractivity contribution is 0.634. The fourth-order valence-electron chi connectivity index (χ4n) is 2.14. The van der Waals surface area contributed by atoms with Gasteiger partial charge in [0.15, 0.2) is 0 Å². The van der Waals surface area contributed by atoms with Gasteiger partial charge in [-0.2, -0.15) is 4.98 Å². The number of nitrogens with zero attached hydrogens (tertiary/aromatic N) is 2. The third-order valence-electron chi connectivity index (χ3n) is 3.19. The van der Waals surface area contributed by atoms with E-state index in [0.717, 1.165) is 5.56 Å². The Kier molecular flexibility index (Phi) is 3.50. The summed E-state index contributed by atoms with van der Waals surface area (Å²) >= 11 is 0. The summed E-state index contributed by atoms with van der Waals surface area (Å²) < 4.78 is 13.4. The minimum absolute atomic E-state index is 0.0964. The van der Waals surface area contributed by atoms with Crippen LogP contribution >= 0.6 is 0 Å². The lowest BCUT2D eigenvalue weighted by Gasteiger charge is -2.05. The third-order valence-corrected chi connectivity index (χ3v) is 3.19. The van der Waals surface area contributed by atoms with Crippen molar-refractivity contribution in [3.8, 4) is 22.5 Å². The fourth-order valence-corrected chi connectivity index (χ4v) is 2.14. The van der Waals surface area contributed by atoms with Crippen LogP contribution in [0.4, 0.5) is 10.1 Å². The molecular weight excluding hydrogens is 281 g/mol. The van der Waals surface area contributed by atoms with Crippen molar-refractivity contribution >= 4 is 5.69 Å². The molecule has 4 nitrogen and oxygen atoms in total. The summed E-state index contributed by atoms with van der Waals surface area (Å²) in [6.07, 6.45) is 0. The van der Waals surface area contributed by atoms with E-state index < -0.39 is 11.5 Å². The number of hydrogen-bond acceptors (Lipinski definition) is 2. The predicted octanol–water partition coefficient (Wildman–Crippen LogP) is 3.79. The van der Waals surface area contributed by atoms with Crippen molar-refractivity contribution in [1.29, 1.82) is 0 Å². The Morgan fingerprint density at radius 3 is 2.55 bits per heavy atom. The molecule has 0 bridgehead atoms. The molecule has 106 valence electrons. The van der Waals surface area contributed by atoms with Crippen LogP contribution in [0.25, 0.3) is 27.4 Å². The molecule has 1 heterocycles. The number of nitrogens with one attached hydrogen (secondary N) is 1. The number of hydrogen-bond donors (Lipinski definition) is 1. The Morgan fingerprint density at radius 1 is 1.05 bits per heavy atom. The van der Waals surface area contributed by atoms with Crippen molar-refractivity contribution in [3.63, 3.8) is 0 Å². The molecule has 0 radical (unpaired) electrons. The summed E-state index contributed by atoms with van der Waals surface area (Å²) in [6, 6.07) is 15.1. The number of aromatic nitrogens is 2. The van der Waals surface area contributed by atoms with Gasteiger partial charge in [0.25, 0.3) is 0 Å². The van der Waals surface area contributed by atoms with Crippen molar-refractivity contribution < 1.29 is 4.39 Å². The first-order valence-electron chi connectivity index (χ1n) is 6.51. The van der Waals surface area contributed by atoms with Gasteiger partial charge >= 0.3 is 5.69 Å². The topological polar surface area (TPSA) is 50.1 Å². The van der Waals surface area contributed by atoms with Gasteiger partial charge in [-0.15, -0.1) is 0 Å². The molecule has 1 aromatic heterocycles. The highest BCUT2D eigenvalue weighted by Gasteiger charge is 2.09. The minimum Gasteiger partial charge on any atom is -0.305 e. The maximum atomic E-state index is 13.4. The molecule has 2 aromatic carbocycles. The van der Waals surface area contributed by atoms with E-state index in [1.165, 1.54) is 18.2 Å². The predicted molar refractivity (Wildman–Crippen MR) is 81.9 cm³/mol. The highest BCUT2D eigenvalue weighted by Crippen LogP contribution is 2.27. The van der Waals surface area contributed by atoms with Crippen LogP contribution in [0.1, 0.15) is 0 Å². The molecule has 0 saturated carbocycles. The molecule has 0 unspecified atom stereocenters. The molecule has 0 saturated heterocycles. The van der Waals surface area contributed by atoms with Crippen molar-refractivity contribution in [2.75, 3.05) is 0 Å². The lowest BCUT2D eigenvalue weighted by Crippen LogP contribution is -2.11. The normalized spacial score (nSPS) is 10.2. The fraction of sp³-hybridized carbons (Fsp3) is 0. The van der Waals surface area contributed by atoms with Crippen LogP contribution < -0.4 is 5.69 Å². The summed E-state index contributed by atoms with van der Waals surface area (Å²) in [4.78, 5) is 21.5. The minimum atomic E-state index is -0.591. The molecule has 22 heavy (non-hydrogen) atoms. The first-order chi connectivity index (χ1) is 10.7. The molecule has 0 atom stereocenters. The molecule has 3 rings (SSSR count). The quantitative estimate of drug-likeness (QED) is 0.730. The third kappa shape index (κ3) is 2.63. The summed E-state index contributed by atoms with van der Waals surface area (Å²) in [6.45, 7) is 6.96. The second kappa shape index (κ2) is 5.62. The summed E-state index contributed by atoms with van der Waals surface area (Å²) in [5.74, 6) is -0.591. The van der Waals surface area contributed by atoms with E-state index in [4.69, 9.17) is 6.57 Å². The highest BCUT2D eigenvalue weighted by molar-refractivity contribution is 5.70. The molecule has 0 aliphatic heterocycles. The molecule has 1 N–H and O–H groups in total. The molecule has 3 aromatic rings. The molecule has 0 fully saturated rings. The van der Waals surface area contributed by atoms with Gasteiger partial charge in [-0.3, -0.25) is 0 Å². The van der Waals surface area contributed by atoms with Crippen LogP contribution in [0.2, 0.25) is 0 Å². The summed E-state index contributed by atoms with van der Waals surface area (Å²) in [5, 5.41) is 0. The van der Waals surface area contributed by atoms with Crippen LogP contribution in [-0.4, -0.2) is 9.97 Å². The molecule has 0 aliphatic rings. The van der Waals surface area contributed by atoms with Crippen LogP contribution in [0, 0.1) is 12.4 Å². The van der Waals surface area contributed by atoms with E-state index in [-0.39, 0.29) is 5.69 Å². The van der Waals surface area contributed by atoms with Crippen LogP contribution in [-0.2, 0) is 0 Å². The smallest absolute Gasteiger partial charge is 0.305 e. The van der Waals surface area contributed by atoms with E-state index in [9.17, 15) is 9.18 Å². The Labute approximate surface area is 125 Å². The van der Waals surface area contributed by atoms with Gasteiger partial charge in [-0.1, -0.05) is 36.4 Å². The first kappa shape index (κ1) is 13.7. The zero-order valence-electron chi connectivity index (χ0n) is 11.4.